The number of hydrogen-bond acceptors (Lipinski definition) is 4. The van der Waals surface area contributed by atoms with Crippen molar-refractivity contribution in [3.05, 3.63) is 70.1 Å². The molecular weight excluding hydrogens is 308 g/mol. The van der Waals surface area contributed by atoms with Crippen molar-refractivity contribution in [2.75, 3.05) is 7.11 Å². The van der Waals surface area contributed by atoms with Gasteiger partial charge in [0.25, 0.3) is 5.56 Å². The van der Waals surface area contributed by atoms with Crippen molar-refractivity contribution in [3.63, 3.8) is 0 Å². The van der Waals surface area contributed by atoms with E-state index in [4.69, 9.17) is 9.84 Å². The Morgan fingerprint density at radius 3 is 2.42 bits per heavy atom. The number of nitrogens with zero attached hydrogens (tertiary/aromatic N) is 2. The van der Waals surface area contributed by atoms with Crippen molar-refractivity contribution in [2.45, 2.75) is 13.0 Å². The van der Waals surface area contributed by atoms with Crippen LogP contribution in [0.4, 0.5) is 0 Å². The molecule has 0 bridgehead atoms. The van der Waals surface area contributed by atoms with Gasteiger partial charge in [0.15, 0.2) is 0 Å². The fraction of sp³-hybridized carbons (Fsp3) is 0.167. The molecular formula is C18H16N2O4. The molecule has 122 valence electrons. The second kappa shape index (κ2) is 6.54. The molecule has 1 N–H and O–H groups in total. The lowest BCUT2D eigenvalue weighted by Gasteiger charge is -2.10. The Bertz CT molecular complexity index is 945. The van der Waals surface area contributed by atoms with Crippen molar-refractivity contribution in [1.29, 1.82) is 0 Å². The quantitative estimate of drug-likeness (QED) is 0.777. The Labute approximate surface area is 137 Å². The molecule has 0 fully saturated rings. The van der Waals surface area contributed by atoms with Crippen LogP contribution in [-0.2, 0) is 17.8 Å². The van der Waals surface area contributed by atoms with Gasteiger partial charge in [0.2, 0.25) is 0 Å². The van der Waals surface area contributed by atoms with Crippen molar-refractivity contribution >= 4 is 16.7 Å². The highest BCUT2D eigenvalue weighted by Crippen LogP contribution is 2.19. The van der Waals surface area contributed by atoms with Gasteiger partial charge in [-0.15, -0.1) is 0 Å². The molecule has 0 atom stereocenters. The minimum atomic E-state index is -1.10. The van der Waals surface area contributed by atoms with Gasteiger partial charge in [0.05, 0.1) is 18.2 Å². The Hall–Kier alpha value is -3.15. The summed E-state index contributed by atoms with van der Waals surface area (Å²) in [7, 11) is 1.60. The Morgan fingerprint density at radius 1 is 1.12 bits per heavy atom. The van der Waals surface area contributed by atoms with E-state index in [1.54, 1.807) is 19.2 Å². The minimum absolute atomic E-state index is 0.397. The van der Waals surface area contributed by atoms with Gasteiger partial charge in [-0.05, 0) is 23.8 Å². The topological polar surface area (TPSA) is 81.4 Å². The zero-order chi connectivity index (χ0) is 17.1. The van der Waals surface area contributed by atoms with Crippen LogP contribution >= 0.6 is 0 Å². The number of ether oxygens (including phenoxy) is 1. The Kier molecular flexibility index (Phi) is 4.29. The molecule has 0 amide bonds. The number of methoxy groups -OCH3 is 1. The monoisotopic (exact) mass is 324 g/mol. The molecule has 6 heteroatoms. The number of fused-ring (bicyclic) bond motifs is 1. The summed E-state index contributed by atoms with van der Waals surface area (Å²) in [6.07, 6.45) is 0.490. The molecule has 0 aliphatic carbocycles. The molecule has 0 saturated carbocycles. The molecule has 1 heterocycles. The first-order chi connectivity index (χ1) is 11.6. The van der Waals surface area contributed by atoms with Crippen molar-refractivity contribution in [2.24, 2.45) is 0 Å². The maximum absolute atomic E-state index is 12.4. The van der Waals surface area contributed by atoms with Crippen molar-refractivity contribution in [3.8, 4) is 5.75 Å². The lowest BCUT2D eigenvalue weighted by Crippen LogP contribution is -2.28. The molecule has 0 radical (unpaired) electrons. The first kappa shape index (κ1) is 15.7. The highest BCUT2D eigenvalue weighted by atomic mass is 16.5. The van der Waals surface area contributed by atoms with Crippen LogP contribution in [0.2, 0.25) is 0 Å². The van der Waals surface area contributed by atoms with Gasteiger partial charge in [-0.3, -0.25) is 9.59 Å². The molecule has 24 heavy (non-hydrogen) atoms. The van der Waals surface area contributed by atoms with E-state index in [2.05, 4.69) is 5.10 Å². The highest BCUT2D eigenvalue weighted by Gasteiger charge is 2.12. The third-order valence-corrected chi connectivity index (χ3v) is 3.76. The van der Waals surface area contributed by atoms with Gasteiger partial charge in [-0.2, -0.15) is 5.10 Å². The van der Waals surface area contributed by atoms with E-state index in [9.17, 15) is 9.59 Å². The molecule has 0 saturated heterocycles. The van der Waals surface area contributed by atoms with Crippen LogP contribution < -0.4 is 10.3 Å². The second-order valence-electron chi connectivity index (χ2n) is 5.37. The van der Waals surface area contributed by atoms with E-state index >= 15 is 0 Å². The van der Waals surface area contributed by atoms with Gasteiger partial charge >= 0.3 is 5.97 Å². The average molecular weight is 324 g/mol. The van der Waals surface area contributed by atoms with Crippen LogP contribution in [-0.4, -0.2) is 28.0 Å². The molecule has 0 aliphatic rings. The summed E-state index contributed by atoms with van der Waals surface area (Å²) < 4.78 is 6.15. The third kappa shape index (κ3) is 3.12. The first-order valence-electron chi connectivity index (χ1n) is 7.42. The van der Waals surface area contributed by atoms with Crippen LogP contribution in [0.1, 0.15) is 11.3 Å². The van der Waals surface area contributed by atoms with E-state index < -0.39 is 18.1 Å². The normalized spacial score (nSPS) is 10.7. The average Bonchev–Trinajstić information content (AvgIpc) is 2.59. The van der Waals surface area contributed by atoms with Crippen LogP contribution in [0.25, 0.3) is 10.8 Å². The molecule has 3 rings (SSSR count). The number of aromatic nitrogens is 2. The maximum Gasteiger partial charge on any atom is 0.325 e. The largest absolute Gasteiger partial charge is 0.497 e. The molecule has 1 aromatic heterocycles. The maximum atomic E-state index is 12.4. The zero-order valence-electron chi connectivity index (χ0n) is 13.1. The SMILES string of the molecule is COc1ccc(Cc2nn(CC(=O)O)c(=O)c3ccccc23)cc1. The lowest BCUT2D eigenvalue weighted by molar-refractivity contribution is -0.138. The van der Waals surface area contributed by atoms with E-state index in [-0.39, 0.29) is 0 Å². The predicted octanol–water partition coefficient (Wildman–Crippen LogP) is 2.08. The molecule has 0 spiro atoms. The first-order valence-corrected chi connectivity index (χ1v) is 7.42. The Balaban J connectivity index is 2.09. The van der Waals surface area contributed by atoms with Crippen LogP contribution in [0.3, 0.4) is 0 Å². The standard InChI is InChI=1S/C18H16N2O4/c1-24-13-8-6-12(7-9-13)10-16-14-4-2-3-5-15(14)18(23)20(19-16)11-17(21)22/h2-9H,10-11H2,1H3,(H,21,22). The lowest BCUT2D eigenvalue weighted by atomic mass is 10.0. The number of hydrogen-bond donors (Lipinski definition) is 1. The number of aliphatic carboxylic acids is 1. The summed E-state index contributed by atoms with van der Waals surface area (Å²) >= 11 is 0. The van der Waals surface area contributed by atoms with Crippen LogP contribution in [0.15, 0.2) is 53.3 Å². The van der Waals surface area contributed by atoms with Gasteiger partial charge in [-0.25, -0.2) is 4.68 Å². The van der Waals surface area contributed by atoms with Gasteiger partial charge in [-0.1, -0.05) is 30.3 Å². The summed E-state index contributed by atoms with van der Waals surface area (Å²) in [5, 5.41) is 14.5. The summed E-state index contributed by atoms with van der Waals surface area (Å²) in [5.41, 5.74) is 1.26. The fourth-order valence-electron chi connectivity index (χ4n) is 2.61. The molecule has 0 unspecified atom stereocenters. The third-order valence-electron chi connectivity index (χ3n) is 3.76. The van der Waals surface area contributed by atoms with Crippen molar-refractivity contribution in [1.82, 2.24) is 9.78 Å². The number of carbonyl (C=O) groups is 1. The number of benzene rings is 2. The number of rotatable bonds is 5. The smallest absolute Gasteiger partial charge is 0.325 e. The predicted molar refractivity (Wildman–Crippen MR) is 89.4 cm³/mol. The Morgan fingerprint density at radius 2 is 1.79 bits per heavy atom. The molecule has 3 aromatic rings. The van der Waals surface area contributed by atoms with Crippen molar-refractivity contribution < 1.29 is 14.6 Å². The van der Waals surface area contributed by atoms with Crippen LogP contribution in [0, 0.1) is 0 Å². The van der Waals surface area contributed by atoms with E-state index in [1.165, 1.54) is 0 Å². The molecule has 6 nitrogen and oxygen atoms in total. The number of carboxylic acids is 1. The molecule has 0 aliphatic heterocycles. The summed E-state index contributed by atoms with van der Waals surface area (Å²) in [6.45, 7) is -0.459. The van der Waals surface area contributed by atoms with Gasteiger partial charge in [0, 0.05) is 11.8 Å². The van der Waals surface area contributed by atoms with E-state index in [0.29, 0.717) is 17.5 Å². The van der Waals surface area contributed by atoms with Gasteiger partial charge in [0.1, 0.15) is 12.3 Å². The van der Waals surface area contributed by atoms with Crippen LogP contribution in [0.5, 0.6) is 5.75 Å². The number of carboxylic acid groups (broad SMARTS) is 1. The summed E-state index contributed by atoms with van der Waals surface area (Å²) in [5.74, 6) is -0.345. The molecule has 2 aromatic carbocycles. The fourth-order valence-corrected chi connectivity index (χ4v) is 2.61. The minimum Gasteiger partial charge on any atom is -0.497 e. The van der Waals surface area contributed by atoms with Gasteiger partial charge < -0.3 is 9.84 Å². The van der Waals surface area contributed by atoms with E-state index in [1.807, 2.05) is 36.4 Å². The van der Waals surface area contributed by atoms with E-state index in [0.717, 1.165) is 21.4 Å². The zero-order valence-corrected chi connectivity index (χ0v) is 13.1. The second-order valence-corrected chi connectivity index (χ2v) is 5.37. The highest BCUT2D eigenvalue weighted by molar-refractivity contribution is 5.84. The summed E-state index contributed by atoms with van der Waals surface area (Å²) in [4.78, 5) is 23.4. The summed E-state index contributed by atoms with van der Waals surface area (Å²) in [6, 6.07) is 14.6.